The summed E-state index contributed by atoms with van der Waals surface area (Å²) in [6.07, 6.45) is 3.62. The molecular formula is C12H12N4. The molecular weight excluding hydrogens is 200 g/mol. The first-order valence-electron chi connectivity index (χ1n) is 5.22. The molecule has 0 saturated heterocycles. The lowest BCUT2D eigenvalue weighted by Gasteiger charge is -2.00. The van der Waals surface area contributed by atoms with Gasteiger partial charge < -0.3 is 0 Å². The normalized spacial score (nSPS) is 9.94. The van der Waals surface area contributed by atoms with E-state index in [1.807, 2.05) is 24.3 Å². The van der Waals surface area contributed by atoms with E-state index >= 15 is 0 Å². The molecule has 1 aromatic heterocycles. The van der Waals surface area contributed by atoms with Gasteiger partial charge in [-0.15, -0.1) is 5.10 Å². The highest BCUT2D eigenvalue weighted by Gasteiger charge is 1.98. The summed E-state index contributed by atoms with van der Waals surface area (Å²) in [6.45, 7) is 0.795. The molecule has 0 radical (unpaired) electrons. The molecule has 0 fully saturated rings. The van der Waals surface area contributed by atoms with E-state index < -0.39 is 0 Å². The highest BCUT2D eigenvalue weighted by molar-refractivity contribution is 5.14. The Morgan fingerprint density at radius 3 is 2.75 bits per heavy atom. The van der Waals surface area contributed by atoms with E-state index in [0.717, 1.165) is 19.4 Å². The molecule has 0 N–H and O–H groups in total. The van der Waals surface area contributed by atoms with Gasteiger partial charge in [-0.25, -0.2) is 4.98 Å². The van der Waals surface area contributed by atoms with Crippen LogP contribution in [0.5, 0.6) is 0 Å². The minimum absolute atomic E-state index is 0.236. The summed E-state index contributed by atoms with van der Waals surface area (Å²) >= 11 is 0. The van der Waals surface area contributed by atoms with Crippen LogP contribution in [0.3, 0.4) is 0 Å². The van der Waals surface area contributed by atoms with E-state index in [1.165, 1.54) is 5.56 Å². The second kappa shape index (κ2) is 5.08. The number of hydrogen-bond acceptors (Lipinski definition) is 3. The molecule has 4 nitrogen and oxygen atoms in total. The third-order valence-electron chi connectivity index (χ3n) is 2.33. The van der Waals surface area contributed by atoms with Gasteiger partial charge in [-0.3, -0.25) is 4.68 Å². The van der Waals surface area contributed by atoms with E-state index in [0.29, 0.717) is 0 Å². The van der Waals surface area contributed by atoms with Gasteiger partial charge in [-0.2, -0.15) is 5.26 Å². The largest absolute Gasteiger partial charge is 0.252 e. The van der Waals surface area contributed by atoms with E-state index in [9.17, 15) is 0 Å². The Bertz CT molecular complexity index is 481. The predicted molar refractivity (Wildman–Crippen MR) is 59.5 cm³/mol. The third-order valence-corrected chi connectivity index (χ3v) is 2.33. The van der Waals surface area contributed by atoms with Crippen molar-refractivity contribution in [2.24, 2.45) is 0 Å². The van der Waals surface area contributed by atoms with Crippen LogP contribution in [0.25, 0.3) is 0 Å². The molecule has 16 heavy (non-hydrogen) atoms. The van der Waals surface area contributed by atoms with Gasteiger partial charge in [0.05, 0.1) is 0 Å². The van der Waals surface area contributed by atoms with Gasteiger partial charge in [0.1, 0.15) is 12.4 Å². The summed E-state index contributed by atoms with van der Waals surface area (Å²) in [6, 6.07) is 12.2. The molecule has 4 heteroatoms. The van der Waals surface area contributed by atoms with Crippen LogP contribution in [0, 0.1) is 11.3 Å². The van der Waals surface area contributed by atoms with Crippen molar-refractivity contribution in [3.63, 3.8) is 0 Å². The topological polar surface area (TPSA) is 54.5 Å². The number of hydrogen-bond donors (Lipinski definition) is 0. The molecule has 0 amide bonds. The van der Waals surface area contributed by atoms with Crippen molar-refractivity contribution in [2.75, 3.05) is 0 Å². The Hall–Kier alpha value is -2.15. The van der Waals surface area contributed by atoms with Crippen LogP contribution in [-0.2, 0) is 13.0 Å². The lowest BCUT2D eigenvalue weighted by molar-refractivity contribution is 0.576. The molecule has 80 valence electrons. The number of nitriles is 1. The average molecular weight is 212 g/mol. The zero-order valence-corrected chi connectivity index (χ0v) is 8.87. The van der Waals surface area contributed by atoms with Crippen molar-refractivity contribution in [1.29, 1.82) is 5.26 Å². The zero-order valence-electron chi connectivity index (χ0n) is 8.87. The highest BCUT2D eigenvalue weighted by atomic mass is 15.3. The monoisotopic (exact) mass is 212 g/mol. The SMILES string of the molecule is N#Cc1ncn(CCCc2ccccc2)n1. The Kier molecular flexibility index (Phi) is 3.29. The standard InChI is InChI=1S/C12H12N4/c13-9-12-14-10-16(15-12)8-4-7-11-5-2-1-3-6-11/h1-3,5-6,10H,4,7-8H2. The Balaban J connectivity index is 1.83. The fraction of sp³-hybridized carbons (Fsp3) is 0.250. The average Bonchev–Trinajstić information content (AvgIpc) is 2.78. The highest BCUT2D eigenvalue weighted by Crippen LogP contribution is 2.03. The van der Waals surface area contributed by atoms with Crippen LogP contribution >= 0.6 is 0 Å². The molecule has 2 aromatic rings. The quantitative estimate of drug-likeness (QED) is 0.776. The van der Waals surface area contributed by atoms with Crippen LogP contribution in [0.1, 0.15) is 17.8 Å². The lowest BCUT2D eigenvalue weighted by Crippen LogP contribution is -2.00. The van der Waals surface area contributed by atoms with Crippen molar-refractivity contribution in [1.82, 2.24) is 14.8 Å². The number of aryl methyl sites for hydroxylation is 2. The molecule has 0 saturated carbocycles. The number of rotatable bonds is 4. The van der Waals surface area contributed by atoms with Gasteiger partial charge >= 0.3 is 0 Å². The molecule has 0 atom stereocenters. The summed E-state index contributed by atoms with van der Waals surface area (Å²) in [5.41, 5.74) is 1.32. The Morgan fingerprint density at radius 2 is 2.06 bits per heavy atom. The molecule has 0 unspecified atom stereocenters. The molecule has 0 bridgehead atoms. The van der Waals surface area contributed by atoms with E-state index in [4.69, 9.17) is 5.26 Å². The van der Waals surface area contributed by atoms with Crippen molar-refractivity contribution in [3.8, 4) is 6.07 Å². The molecule has 1 aromatic carbocycles. The van der Waals surface area contributed by atoms with Crippen molar-refractivity contribution >= 4 is 0 Å². The van der Waals surface area contributed by atoms with Crippen LogP contribution in [0.2, 0.25) is 0 Å². The molecule has 0 aliphatic rings. The Labute approximate surface area is 94.2 Å². The first-order valence-corrected chi connectivity index (χ1v) is 5.22. The van der Waals surface area contributed by atoms with Crippen LogP contribution in [0.15, 0.2) is 36.7 Å². The van der Waals surface area contributed by atoms with E-state index in [-0.39, 0.29) is 5.82 Å². The van der Waals surface area contributed by atoms with Gasteiger partial charge in [-0.1, -0.05) is 30.3 Å². The first kappa shape index (κ1) is 10.4. The zero-order chi connectivity index (χ0) is 11.2. The van der Waals surface area contributed by atoms with Crippen molar-refractivity contribution in [2.45, 2.75) is 19.4 Å². The second-order valence-corrected chi connectivity index (χ2v) is 3.53. The van der Waals surface area contributed by atoms with Crippen molar-refractivity contribution < 1.29 is 0 Å². The maximum Gasteiger partial charge on any atom is 0.252 e. The minimum atomic E-state index is 0.236. The number of nitrogens with zero attached hydrogens (tertiary/aromatic N) is 4. The fourth-order valence-electron chi connectivity index (χ4n) is 1.54. The predicted octanol–water partition coefficient (Wildman–Crippen LogP) is 1.78. The number of benzene rings is 1. The minimum Gasteiger partial charge on any atom is -0.252 e. The van der Waals surface area contributed by atoms with Crippen LogP contribution < -0.4 is 0 Å². The number of aromatic nitrogens is 3. The van der Waals surface area contributed by atoms with Gasteiger partial charge in [0.15, 0.2) is 0 Å². The van der Waals surface area contributed by atoms with Gasteiger partial charge in [0.2, 0.25) is 0 Å². The summed E-state index contributed by atoms with van der Waals surface area (Å²) in [4.78, 5) is 3.85. The summed E-state index contributed by atoms with van der Waals surface area (Å²) in [5, 5.41) is 12.6. The van der Waals surface area contributed by atoms with Crippen molar-refractivity contribution in [3.05, 3.63) is 48.0 Å². The Morgan fingerprint density at radius 1 is 1.25 bits per heavy atom. The van der Waals surface area contributed by atoms with Gasteiger partial charge in [0, 0.05) is 6.54 Å². The van der Waals surface area contributed by atoms with E-state index in [1.54, 1.807) is 11.0 Å². The third kappa shape index (κ3) is 2.67. The smallest absolute Gasteiger partial charge is 0.252 e. The molecule has 0 aliphatic carbocycles. The molecule has 2 rings (SSSR count). The van der Waals surface area contributed by atoms with Crippen LogP contribution in [0.4, 0.5) is 0 Å². The maximum absolute atomic E-state index is 8.57. The molecule has 0 spiro atoms. The summed E-state index contributed by atoms with van der Waals surface area (Å²) < 4.78 is 1.71. The summed E-state index contributed by atoms with van der Waals surface area (Å²) in [7, 11) is 0. The summed E-state index contributed by atoms with van der Waals surface area (Å²) in [5.74, 6) is 0.236. The maximum atomic E-state index is 8.57. The van der Waals surface area contributed by atoms with E-state index in [2.05, 4.69) is 22.2 Å². The molecule has 1 heterocycles. The second-order valence-electron chi connectivity index (χ2n) is 3.53. The lowest BCUT2D eigenvalue weighted by atomic mass is 10.1. The first-order chi connectivity index (χ1) is 7.88. The molecule has 0 aliphatic heterocycles. The van der Waals surface area contributed by atoms with Crippen LogP contribution in [-0.4, -0.2) is 14.8 Å². The van der Waals surface area contributed by atoms with Gasteiger partial charge in [-0.05, 0) is 18.4 Å². The van der Waals surface area contributed by atoms with Gasteiger partial charge in [0.25, 0.3) is 5.82 Å². The fourth-order valence-corrected chi connectivity index (χ4v) is 1.54.